The summed E-state index contributed by atoms with van der Waals surface area (Å²) in [6.07, 6.45) is 0. The van der Waals surface area contributed by atoms with Crippen LogP contribution in [0.1, 0.15) is 11.1 Å². The molecule has 2 aromatic carbocycles. The smallest absolute Gasteiger partial charge is 0.234 e. The Morgan fingerprint density at radius 1 is 1.19 bits per heavy atom. The van der Waals surface area contributed by atoms with Gasteiger partial charge in [-0.2, -0.15) is 5.26 Å². The lowest BCUT2D eigenvalue weighted by atomic mass is 10.1. The predicted octanol–water partition coefficient (Wildman–Crippen LogP) is 5.31. The van der Waals surface area contributed by atoms with Crippen LogP contribution in [0.2, 0.25) is 5.02 Å². The minimum absolute atomic E-state index is 0.144. The first-order valence-electron chi connectivity index (χ1n) is 8.22. The number of nitrogens with zero attached hydrogens (tertiary/aromatic N) is 2. The molecule has 3 rings (SSSR count). The van der Waals surface area contributed by atoms with Gasteiger partial charge in [0.15, 0.2) is 0 Å². The van der Waals surface area contributed by atoms with E-state index in [0.29, 0.717) is 21.3 Å². The molecule has 4 nitrogen and oxygen atoms in total. The molecule has 0 aliphatic rings. The Labute approximate surface area is 167 Å². The number of carbonyl (C=O) groups is 1. The zero-order chi connectivity index (χ0) is 19.2. The number of amides is 1. The van der Waals surface area contributed by atoms with Gasteiger partial charge in [-0.25, -0.2) is 4.98 Å². The van der Waals surface area contributed by atoms with Gasteiger partial charge in [-0.1, -0.05) is 59.8 Å². The van der Waals surface area contributed by atoms with Crippen LogP contribution in [0, 0.1) is 18.3 Å². The molecule has 6 heteroatoms. The summed E-state index contributed by atoms with van der Waals surface area (Å²) in [5.74, 6) is -0.0403. The fourth-order valence-electron chi connectivity index (χ4n) is 2.41. The Morgan fingerprint density at radius 3 is 2.67 bits per heavy atom. The number of carbonyl (C=O) groups excluding carboxylic acids is 1. The number of pyridine rings is 1. The Morgan fingerprint density at radius 2 is 1.96 bits per heavy atom. The maximum absolute atomic E-state index is 12.3. The van der Waals surface area contributed by atoms with Gasteiger partial charge in [-0.15, -0.1) is 0 Å². The minimum Gasteiger partial charge on any atom is -0.325 e. The molecule has 27 heavy (non-hydrogen) atoms. The highest BCUT2D eigenvalue weighted by Crippen LogP contribution is 2.26. The van der Waals surface area contributed by atoms with Crippen molar-refractivity contribution < 1.29 is 4.79 Å². The second kappa shape index (κ2) is 8.72. The van der Waals surface area contributed by atoms with Gasteiger partial charge in [0.1, 0.15) is 11.1 Å². The number of nitriles is 1. The SMILES string of the molecule is Cc1ccc(NC(=O)CSc2nc(-c3ccccc3)ccc2C#N)cc1Cl. The molecule has 1 aromatic heterocycles. The molecule has 0 saturated carbocycles. The van der Waals surface area contributed by atoms with Gasteiger partial charge in [0.25, 0.3) is 0 Å². The second-order valence-corrected chi connectivity index (χ2v) is 7.20. The molecule has 0 radical (unpaired) electrons. The molecular weight excluding hydrogens is 378 g/mol. The third-order valence-electron chi connectivity index (χ3n) is 3.85. The zero-order valence-corrected chi connectivity index (χ0v) is 16.1. The van der Waals surface area contributed by atoms with E-state index < -0.39 is 0 Å². The fourth-order valence-corrected chi connectivity index (χ4v) is 3.36. The fraction of sp³-hybridized carbons (Fsp3) is 0.0952. The van der Waals surface area contributed by atoms with Crippen molar-refractivity contribution in [1.29, 1.82) is 5.26 Å². The normalized spacial score (nSPS) is 10.3. The summed E-state index contributed by atoms with van der Waals surface area (Å²) in [4.78, 5) is 16.8. The second-order valence-electron chi connectivity index (χ2n) is 5.83. The number of rotatable bonds is 5. The van der Waals surface area contributed by atoms with E-state index in [9.17, 15) is 10.1 Å². The minimum atomic E-state index is -0.185. The molecule has 1 amide bonds. The van der Waals surface area contributed by atoms with E-state index in [1.165, 1.54) is 11.8 Å². The van der Waals surface area contributed by atoms with Gasteiger partial charge in [0.05, 0.1) is 17.0 Å². The molecule has 3 aromatic rings. The number of hydrogen-bond donors (Lipinski definition) is 1. The van der Waals surface area contributed by atoms with Crippen LogP contribution in [0.3, 0.4) is 0 Å². The molecule has 0 bridgehead atoms. The molecule has 134 valence electrons. The van der Waals surface area contributed by atoms with Crippen molar-refractivity contribution in [2.24, 2.45) is 0 Å². The summed E-state index contributed by atoms with van der Waals surface area (Å²) in [5.41, 5.74) is 3.77. The number of halogens is 1. The first-order valence-corrected chi connectivity index (χ1v) is 9.58. The van der Waals surface area contributed by atoms with Gasteiger partial charge in [-0.05, 0) is 36.8 Å². The van der Waals surface area contributed by atoms with Crippen LogP contribution in [-0.2, 0) is 4.79 Å². The number of anilines is 1. The number of benzene rings is 2. The average Bonchev–Trinajstić information content (AvgIpc) is 2.69. The molecule has 0 saturated heterocycles. The molecule has 0 unspecified atom stereocenters. The summed E-state index contributed by atoms with van der Waals surface area (Å²) >= 11 is 7.32. The van der Waals surface area contributed by atoms with Crippen molar-refractivity contribution in [1.82, 2.24) is 4.98 Å². The number of aryl methyl sites for hydroxylation is 1. The van der Waals surface area contributed by atoms with Crippen molar-refractivity contribution in [3.63, 3.8) is 0 Å². The van der Waals surface area contributed by atoms with Gasteiger partial charge in [0, 0.05) is 16.3 Å². The van der Waals surface area contributed by atoms with E-state index in [-0.39, 0.29) is 11.7 Å². The predicted molar refractivity (Wildman–Crippen MR) is 110 cm³/mol. The largest absolute Gasteiger partial charge is 0.325 e. The lowest BCUT2D eigenvalue weighted by Crippen LogP contribution is -2.14. The first-order chi connectivity index (χ1) is 13.1. The van der Waals surface area contributed by atoms with Gasteiger partial charge in [0.2, 0.25) is 5.91 Å². The van der Waals surface area contributed by atoms with Crippen LogP contribution >= 0.6 is 23.4 Å². The van der Waals surface area contributed by atoms with Crippen LogP contribution in [0.25, 0.3) is 11.3 Å². The first kappa shape index (κ1) is 19.0. The molecule has 0 fully saturated rings. The Kier molecular flexibility index (Phi) is 6.12. The van der Waals surface area contributed by atoms with Crippen molar-refractivity contribution in [2.75, 3.05) is 11.1 Å². The van der Waals surface area contributed by atoms with Crippen molar-refractivity contribution >= 4 is 35.0 Å². The summed E-state index contributed by atoms with van der Waals surface area (Å²) in [6, 6.07) is 20.8. The van der Waals surface area contributed by atoms with Gasteiger partial charge < -0.3 is 5.32 Å². The Hall–Kier alpha value is -2.81. The lowest BCUT2D eigenvalue weighted by molar-refractivity contribution is -0.113. The maximum atomic E-state index is 12.3. The van der Waals surface area contributed by atoms with Crippen molar-refractivity contribution in [2.45, 2.75) is 11.9 Å². The Balaban J connectivity index is 1.72. The van der Waals surface area contributed by atoms with Gasteiger partial charge in [-0.3, -0.25) is 4.79 Å². The molecule has 0 aliphatic heterocycles. The standard InChI is InChI=1S/C21H16ClN3OS/c1-14-7-9-17(11-18(14)22)24-20(26)13-27-21-16(12-23)8-10-19(25-21)15-5-3-2-4-6-15/h2-11H,13H2,1H3,(H,24,26). The van der Waals surface area contributed by atoms with Crippen LogP contribution in [0.5, 0.6) is 0 Å². The van der Waals surface area contributed by atoms with E-state index in [2.05, 4.69) is 16.4 Å². The van der Waals surface area contributed by atoms with E-state index in [1.54, 1.807) is 18.2 Å². The van der Waals surface area contributed by atoms with E-state index in [0.717, 1.165) is 16.8 Å². The van der Waals surface area contributed by atoms with E-state index >= 15 is 0 Å². The van der Waals surface area contributed by atoms with Crippen molar-refractivity contribution in [3.8, 4) is 17.3 Å². The summed E-state index contributed by atoms with van der Waals surface area (Å²) < 4.78 is 0. The molecular formula is C21H16ClN3OS. The number of thioether (sulfide) groups is 1. The average molecular weight is 394 g/mol. The summed E-state index contributed by atoms with van der Waals surface area (Å²) in [6.45, 7) is 1.90. The van der Waals surface area contributed by atoms with Crippen LogP contribution in [0.4, 0.5) is 5.69 Å². The summed E-state index contributed by atoms with van der Waals surface area (Å²) in [7, 11) is 0. The third kappa shape index (κ3) is 4.88. The highest BCUT2D eigenvalue weighted by atomic mass is 35.5. The topological polar surface area (TPSA) is 65.8 Å². The highest BCUT2D eigenvalue weighted by Gasteiger charge is 2.11. The molecule has 0 spiro atoms. The monoisotopic (exact) mass is 393 g/mol. The van der Waals surface area contributed by atoms with Crippen molar-refractivity contribution in [3.05, 3.63) is 76.8 Å². The Bertz CT molecular complexity index is 1020. The lowest BCUT2D eigenvalue weighted by Gasteiger charge is -2.08. The van der Waals surface area contributed by atoms with E-state index in [4.69, 9.17) is 11.6 Å². The quantitative estimate of drug-likeness (QED) is 0.596. The van der Waals surface area contributed by atoms with E-state index in [1.807, 2.05) is 49.4 Å². The highest BCUT2D eigenvalue weighted by molar-refractivity contribution is 8.00. The van der Waals surface area contributed by atoms with Crippen LogP contribution < -0.4 is 5.32 Å². The number of aromatic nitrogens is 1. The molecule has 0 atom stereocenters. The number of hydrogen-bond acceptors (Lipinski definition) is 4. The molecule has 1 heterocycles. The number of nitrogens with one attached hydrogen (secondary N) is 1. The van der Waals surface area contributed by atoms with Gasteiger partial charge >= 0.3 is 0 Å². The van der Waals surface area contributed by atoms with Crippen LogP contribution in [0.15, 0.2) is 65.7 Å². The zero-order valence-electron chi connectivity index (χ0n) is 14.6. The molecule has 0 aliphatic carbocycles. The van der Waals surface area contributed by atoms with Crippen LogP contribution in [-0.4, -0.2) is 16.6 Å². The molecule has 1 N–H and O–H groups in total. The summed E-state index contributed by atoms with van der Waals surface area (Å²) in [5, 5.41) is 13.3. The third-order valence-corrected chi connectivity index (χ3v) is 5.24. The maximum Gasteiger partial charge on any atom is 0.234 e.